The summed E-state index contributed by atoms with van der Waals surface area (Å²) in [7, 11) is 0. The van der Waals surface area contributed by atoms with Crippen LogP contribution in [0.1, 0.15) is 38.3 Å². The number of halogens is 2. The first-order valence-corrected chi connectivity index (χ1v) is 7.25. The summed E-state index contributed by atoms with van der Waals surface area (Å²) in [6.07, 6.45) is 2.64. The zero-order chi connectivity index (χ0) is 13.1. The van der Waals surface area contributed by atoms with Crippen molar-refractivity contribution in [3.63, 3.8) is 0 Å². The van der Waals surface area contributed by atoms with Gasteiger partial charge in [0.2, 0.25) is 0 Å². The molecule has 1 aliphatic rings. The van der Waals surface area contributed by atoms with Gasteiger partial charge in [0.1, 0.15) is 5.82 Å². The minimum Gasteiger partial charge on any atom is -0.373 e. The van der Waals surface area contributed by atoms with E-state index in [1.54, 1.807) is 0 Å². The molecule has 100 valence electrons. The molecule has 0 amide bonds. The number of ether oxygens (including phenoxy) is 1. The number of hydrogen-bond acceptors (Lipinski definition) is 2. The van der Waals surface area contributed by atoms with Crippen LogP contribution in [0.3, 0.4) is 0 Å². The van der Waals surface area contributed by atoms with Gasteiger partial charge < -0.3 is 10.1 Å². The molecule has 3 atom stereocenters. The third-order valence-corrected chi connectivity index (χ3v) is 3.97. The third-order valence-electron chi connectivity index (χ3n) is 3.36. The fourth-order valence-electron chi connectivity index (χ4n) is 2.47. The lowest BCUT2D eigenvalue weighted by atomic mass is 9.99. The molecule has 18 heavy (non-hydrogen) atoms. The van der Waals surface area contributed by atoms with Crippen molar-refractivity contribution in [2.45, 2.75) is 44.9 Å². The average molecular weight is 316 g/mol. The van der Waals surface area contributed by atoms with Crippen LogP contribution in [0.4, 0.5) is 4.39 Å². The molecule has 0 saturated carbocycles. The van der Waals surface area contributed by atoms with E-state index in [1.807, 2.05) is 12.1 Å². The van der Waals surface area contributed by atoms with E-state index in [1.165, 1.54) is 6.07 Å². The molecular weight excluding hydrogens is 297 g/mol. The summed E-state index contributed by atoms with van der Waals surface area (Å²) in [6, 6.07) is 5.31. The number of likely N-dealkylation sites (N-methyl/N-ethyl adjacent to an activating group) is 1. The highest BCUT2D eigenvalue weighted by molar-refractivity contribution is 9.10. The van der Waals surface area contributed by atoms with E-state index >= 15 is 0 Å². The highest BCUT2D eigenvalue weighted by atomic mass is 79.9. The number of rotatable bonds is 4. The van der Waals surface area contributed by atoms with E-state index in [-0.39, 0.29) is 18.0 Å². The van der Waals surface area contributed by atoms with Gasteiger partial charge in [-0.15, -0.1) is 0 Å². The Bertz CT molecular complexity index is 413. The summed E-state index contributed by atoms with van der Waals surface area (Å²) in [6.45, 7) is 5.04. The van der Waals surface area contributed by atoms with Crippen molar-refractivity contribution in [2.24, 2.45) is 0 Å². The molecule has 0 bridgehead atoms. The van der Waals surface area contributed by atoms with E-state index < -0.39 is 0 Å². The summed E-state index contributed by atoms with van der Waals surface area (Å²) < 4.78 is 19.7. The first-order valence-electron chi connectivity index (χ1n) is 6.45. The van der Waals surface area contributed by atoms with Crippen LogP contribution in [-0.2, 0) is 4.74 Å². The molecule has 2 rings (SSSR count). The largest absolute Gasteiger partial charge is 0.373 e. The van der Waals surface area contributed by atoms with Crippen LogP contribution in [0.2, 0.25) is 0 Å². The fourth-order valence-corrected chi connectivity index (χ4v) is 2.86. The SMILES string of the molecule is CCNC(c1ccc(F)c(Br)c1)C1CCC(C)O1. The topological polar surface area (TPSA) is 21.3 Å². The van der Waals surface area contributed by atoms with Crippen LogP contribution in [0.5, 0.6) is 0 Å². The molecule has 3 unspecified atom stereocenters. The smallest absolute Gasteiger partial charge is 0.137 e. The summed E-state index contributed by atoms with van der Waals surface area (Å²) in [5.41, 5.74) is 1.07. The van der Waals surface area contributed by atoms with Crippen LogP contribution in [-0.4, -0.2) is 18.8 Å². The molecule has 1 saturated heterocycles. The normalized spacial score (nSPS) is 25.3. The molecule has 1 aromatic rings. The van der Waals surface area contributed by atoms with Crippen molar-refractivity contribution in [2.75, 3.05) is 6.54 Å². The Morgan fingerprint density at radius 2 is 2.28 bits per heavy atom. The zero-order valence-corrected chi connectivity index (χ0v) is 12.3. The van der Waals surface area contributed by atoms with Gasteiger partial charge >= 0.3 is 0 Å². The Morgan fingerprint density at radius 3 is 2.83 bits per heavy atom. The third kappa shape index (κ3) is 3.11. The van der Waals surface area contributed by atoms with Crippen LogP contribution >= 0.6 is 15.9 Å². The Kier molecular flexibility index (Phi) is 4.76. The van der Waals surface area contributed by atoms with E-state index in [2.05, 4.69) is 35.1 Å². The molecule has 1 heterocycles. The standard InChI is InChI=1S/C14H19BrFNO/c1-3-17-14(13-7-4-9(2)18-13)10-5-6-12(16)11(15)8-10/h5-6,8-9,13-14,17H,3-4,7H2,1-2H3. The highest BCUT2D eigenvalue weighted by Gasteiger charge is 2.30. The van der Waals surface area contributed by atoms with Crippen molar-refractivity contribution in [3.8, 4) is 0 Å². The molecule has 4 heteroatoms. The van der Waals surface area contributed by atoms with E-state index in [0.29, 0.717) is 10.6 Å². The van der Waals surface area contributed by atoms with Crippen LogP contribution in [0.25, 0.3) is 0 Å². The zero-order valence-electron chi connectivity index (χ0n) is 10.7. The molecule has 2 nitrogen and oxygen atoms in total. The summed E-state index contributed by atoms with van der Waals surface area (Å²) in [4.78, 5) is 0. The van der Waals surface area contributed by atoms with Crippen LogP contribution in [0, 0.1) is 5.82 Å². The Hall–Kier alpha value is -0.450. The first-order chi connectivity index (χ1) is 8.61. The highest BCUT2D eigenvalue weighted by Crippen LogP contribution is 2.31. The van der Waals surface area contributed by atoms with Crippen molar-refractivity contribution >= 4 is 15.9 Å². The fraction of sp³-hybridized carbons (Fsp3) is 0.571. The quantitative estimate of drug-likeness (QED) is 0.912. The lowest BCUT2D eigenvalue weighted by Gasteiger charge is -2.25. The van der Waals surface area contributed by atoms with Crippen molar-refractivity contribution < 1.29 is 9.13 Å². The lowest BCUT2D eigenvalue weighted by Crippen LogP contribution is -2.32. The minimum atomic E-state index is -0.227. The van der Waals surface area contributed by atoms with Gasteiger partial charge in [-0.25, -0.2) is 4.39 Å². The predicted molar refractivity (Wildman–Crippen MR) is 74.1 cm³/mol. The Morgan fingerprint density at radius 1 is 1.50 bits per heavy atom. The molecule has 0 aromatic heterocycles. The van der Waals surface area contributed by atoms with Gasteiger partial charge in [0.05, 0.1) is 22.7 Å². The van der Waals surface area contributed by atoms with Gasteiger partial charge in [0.15, 0.2) is 0 Å². The van der Waals surface area contributed by atoms with Gasteiger partial charge in [-0.05, 0) is 59.9 Å². The molecule has 1 aromatic carbocycles. The lowest BCUT2D eigenvalue weighted by molar-refractivity contribution is 0.0319. The second-order valence-corrected chi connectivity index (χ2v) is 5.63. The second-order valence-electron chi connectivity index (χ2n) is 4.77. The van der Waals surface area contributed by atoms with Gasteiger partial charge in [0.25, 0.3) is 0 Å². The maximum absolute atomic E-state index is 13.3. The van der Waals surface area contributed by atoms with Crippen molar-refractivity contribution in [1.82, 2.24) is 5.32 Å². The van der Waals surface area contributed by atoms with Gasteiger partial charge in [0, 0.05) is 0 Å². The Labute approximate surface area is 116 Å². The van der Waals surface area contributed by atoms with E-state index in [9.17, 15) is 4.39 Å². The molecule has 0 spiro atoms. The summed E-state index contributed by atoms with van der Waals surface area (Å²) >= 11 is 3.24. The summed E-state index contributed by atoms with van der Waals surface area (Å²) in [5, 5.41) is 3.44. The van der Waals surface area contributed by atoms with Crippen LogP contribution in [0.15, 0.2) is 22.7 Å². The molecule has 0 aliphatic carbocycles. The van der Waals surface area contributed by atoms with Crippen molar-refractivity contribution in [1.29, 1.82) is 0 Å². The monoisotopic (exact) mass is 315 g/mol. The van der Waals surface area contributed by atoms with Gasteiger partial charge in [-0.1, -0.05) is 13.0 Å². The van der Waals surface area contributed by atoms with E-state index in [0.717, 1.165) is 24.9 Å². The maximum Gasteiger partial charge on any atom is 0.137 e. The molecule has 1 N–H and O–H groups in total. The van der Waals surface area contributed by atoms with Gasteiger partial charge in [-0.3, -0.25) is 0 Å². The summed E-state index contributed by atoms with van der Waals surface area (Å²) in [5.74, 6) is -0.227. The average Bonchev–Trinajstić information content (AvgIpc) is 2.76. The van der Waals surface area contributed by atoms with Crippen LogP contribution < -0.4 is 5.32 Å². The van der Waals surface area contributed by atoms with Crippen molar-refractivity contribution in [3.05, 3.63) is 34.1 Å². The van der Waals surface area contributed by atoms with E-state index in [4.69, 9.17) is 4.74 Å². The molecule has 0 radical (unpaired) electrons. The minimum absolute atomic E-state index is 0.136. The number of hydrogen-bond donors (Lipinski definition) is 1. The second kappa shape index (κ2) is 6.13. The number of benzene rings is 1. The van der Waals surface area contributed by atoms with Gasteiger partial charge in [-0.2, -0.15) is 0 Å². The first kappa shape index (κ1) is 14.0. The maximum atomic E-state index is 13.3. The number of nitrogens with one attached hydrogen (secondary N) is 1. The predicted octanol–water partition coefficient (Wildman–Crippen LogP) is 3.81. The molecule has 1 fully saturated rings. The Balaban J connectivity index is 2.20. The molecule has 1 aliphatic heterocycles. The molecular formula is C14H19BrFNO.